The smallest absolute Gasteiger partial charge is 0.257 e. The van der Waals surface area contributed by atoms with E-state index in [1.54, 1.807) is 4.90 Å². The Morgan fingerprint density at radius 1 is 1.65 bits per heavy atom. The first-order chi connectivity index (χ1) is 8.22. The lowest BCUT2D eigenvalue weighted by Crippen LogP contribution is -2.46. The number of morpholine rings is 1. The van der Waals surface area contributed by atoms with E-state index >= 15 is 0 Å². The van der Waals surface area contributed by atoms with Gasteiger partial charge in [0.2, 0.25) is 0 Å². The SMILES string of the molecule is O=C(c1ccncc1O)N1CCOC(CO)C1. The van der Waals surface area contributed by atoms with Crippen molar-refractivity contribution in [3.63, 3.8) is 0 Å². The van der Waals surface area contributed by atoms with Crippen molar-refractivity contribution in [3.05, 3.63) is 24.0 Å². The number of amides is 1. The van der Waals surface area contributed by atoms with Crippen molar-refractivity contribution in [1.29, 1.82) is 0 Å². The van der Waals surface area contributed by atoms with E-state index in [1.165, 1.54) is 18.5 Å². The van der Waals surface area contributed by atoms with E-state index in [1.807, 2.05) is 0 Å². The Bertz CT molecular complexity index is 410. The van der Waals surface area contributed by atoms with Crippen molar-refractivity contribution in [2.24, 2.45) is 0 Å². The number of hydrogen-bond acceptors (Lipinski definition) is 5. The molecule has 1 aromatic heterocycles. The predicted octanol–water partition coefficient (Wildman–Crippen LogP) is -0.380. The summed E-state index contributed by atoms with van der Waals surface area (Å²) in [5, 5.41) is 18.5. The van der Waals surface area contributed by atoms with Crippen LogP contribution in [0.3, 0.4) is 0 Å². The Hall–Kier alpha value is -1.66. The Kier molecular flexibility index (Phi) is 3.55. The first kappa shape index (κ1) is 11.8. The Labute approximate surface area is 98.5 Å². The Morgan fingerprint density at radius 3 is 3.18 bits per heavy atom. The van der Waals surface area contributed by atoms with E-state index in [0.29, 0.717) is 19.7 Å². The number of aliphatic hydroxyl groups is 1. The van der Waals surface area contributed by atoms with Gasteiger partial charge < -0.3 is 19.8 Å². The van der Waals surface area contributed by atoms with Gasteiger partial charge in [-0.05, 0) is 6.07 Å². The summed E-state index contributed by atoms with van der Waals surface area (Å²) in [6.07, 6.45) is 2.34. The molecule has 1 aromatic rings. The second-order valence-electron chi connectivity index (χ2n) is 3.82. The topological polar surface area (TPSA) is 82.9 Å². The van der Waals surface area contributed by atoms with Gasteiger partial charge in [0.25, 0.3) is 5.91 Å². The van der Waals surface area contributed by atoms with Gasteiger partial charge in [-0.15, -0.1) is 0 Å². The van der Waals surface area contributed by atoms with E-state index in [-0.39, 0.29) is 29.9 Å². The molecule has 0 aliphatic carbocycles. The van der Waals surface area contributed by atoms with Crippen LogP contribution in [0.15, 0.2) is 18.5 Å². The van der Waals surface area contributed by atoms with Crippen molar-refractivity contribution < 1.29 is 19.7 Å². The highest BCUT2D eigenvalue weighted by molar-refractivity contribution is 5.96. The molecule has 1 aliphatic heterocycles. The van der Waals surface area contributed by atoms with Crippen LogP contribution in [0, 0.1) is 0 Å². The molecule has 6 nitrogen and oxygen atoms in total. The van der Waals surface area contributed by atoms with Gasteiger partial charge in [-0.1, -0.05) is 0 Å². The summed E-state index contributed by atoms with van der Waals surface area (Å²) in [4.78, 5) is 17.4. The maximum absolute atomic E-state index is 12.1. The van der Waals surface area contributed by atoms with Crippen LogP contribution in [0.2, 0.25) is 0 Å². The second-order valence-corrected chi connectivity index (χ2v) is 3.82. The summed E-state index contributed by atoms with van der Waals surface area (Å²) in [6.45, 7) is 1.06. The standard InChI is InChI=1S/C11H14N2O4/c14-7-8-6-13(3-4-17-8)11(16)9-1-2-12-5-10(9)15/h1-2,5,8,14-15H,3-4,6-7H2. The van der Waals surface area contributed by atoms with Crippen molar-refractivity contribution >= 4 is 5.91 Å². The number of pyridine rings is 1. The molecule has 1 fully saturated rings. The van der Waals surface area contributed by atoms with Gasteiger partial charge in [-0.2, -0.15) is 0 Å². The van der Waals surface area contributed by atoms with Gasteiger partial charge in [-0.3, -0.25) is 9.78 Å². The number of aromatic nitrogens is 1. The zero-order chi connectivity index (χ0) is 12.3. The highest BCUT2D eigenvalue weighted by Gasteiger charge is 2.25. The largest absolute Gasteiger partial charge is 0.505 e. The number of aromatic hydroxyl groups is 1. The second kappa shape index (κ2) is 5.11. The molecular weight excluding hydrogens is 224 g/mol. The minimum atomic E-state index is -0.350. The summed E-state index contributed by atoms with van der Waals surface area (Å²) in [6, 6.07) is 1.47. The van der Waals surface area contributed by atoms with E-state index < -0.39 is 0 Å². The summed E-state index contributed by atoms with van der Waals surface area (Å²) in [5.74, 6) is -0.406. The lowest BCUT2D eigenvalue weighted by atomic mass is 10.2. The fraction of sp³-hybridized carbons (Fsp3) is 0.455. The summed E-state index contributed by atoms with van der Waals surface area (Å²) in [7, 11) is 0. The van der Waals surface area contributed by atoms with Crippen molar-refractivity contribution in [1.82, 2.24) is 9.88 Å². The van der Waals surface area contributed by atoms with Crippen molar-refractivity contribution in [3.8, 4) is 5.75 Å². The quantitative estimate of drug-likeness (QED) is 0.734. The highest BCUT2D eigenvalue weighted by atomic mass is 16.5. The molecule has 2 rings (SSSR count). The zero-order valence-corrected chi connectivity index (χ0v) is 9.24. The third-order valence-electron chi connectivity index (χ3n) is 2.66. The van der Waals surface area contributed by atoms with Crippen LogP contribution in [0.1, 0.15) is 10.4 Å². The van der Waals surface area contributed by atoms with Crippen LogP contribution in [0.5, 0.6) is 5.75 Å². The molecule has 92 valence electrons. The third kappa shape index (κ3) is 2.54. The molecule has 0 radical (unpaired) electrons. The number of carbonyl (C=O) groups excluding carboxylic acids is 1. The average Bonchev–Trinajstić information content (AvgIpc) is 2.38. The van der Waals surface area contributed by atoms with Crippen molar-refractivity contribution in [2.75, 3.05) is 26.3 Å². The van der Waals surface area contributed by atoms with Gasteiger partial charge in [0, 0.05) is 19.3 Å². The highest BCUT2D eigenvalue weighted by Crippen LogP contribution is 2.18. The zero-order valence-electron chi connectivity index (χ0n) is 9.24. The Morgan fingerprint density at radius 2 is 2.47 bits per heavy atom. The number of carbonyl (C=O) groups is 1. The normalized spacial score (nSPS) is 20.3. The predicted molar refractivity (Wildman–Crippen MR) is 58.6 cm³/mol. The molecule has 1 unspecified atom stereocenters. The summed E-state index contributed by atoms with van der Waals surface area (Å²) >= 11 is 0. The number of nitrogens with zero attached hydrogens (tertiary/aromatic N) is 2. The van der Waals surface area contributed by atoms with Crippen LogP contribution >= 0.6 is 0 Å². The molecule has 17 heavy (non-hydrogen) atoms. The van der Waals surface area contributed by atoms with Gasteiger partial charge in [0.05, 0.1) is 31.1 Å². The van der Waals surface area contributed by atoms with E-state index in [4.69, 9.17) is 9.84 Å². The first-order valence-electron chi connectivity index (χ1n) is 5.37. The van der Waals surface area contributed by atoms with Crippen LogP contribution in [0.4, 0.5) is 0 Å². The fourth-order valence-electron chi connectivity index (χ4n) is 1.75. The summed E-state index contributed by atoms with van der Waals surface area (Å²) in [5.41, 5.74) is 0.221. The number of aliphatic hydroxyl groups excluding tert-OH is 1. The van der Waals surface area contributed by atoms with Gasteiger partial charge in [0.1, 0.15) is 5.75 Å². The molecule has 6 heteroatoms. The molecule has 0 saturated carbocycles. The third-order valence-corrected chi connectivity index (χ3v) is 2.66. The lowest BCUT2D eigenvalue weighted by molar-refractivity contribution is -0.0447. The van der Waals surface area contributed by atoms with Crippen LogP contribution in [0.25, 0.3) is 0 Å². The fourth-order valence-corrected chi connectivity index (χ4v) is 1.75. The minimum absolute atomic E-state index is 0.119. The van der Waals surface area contributed by atoms with Crippen LogP contribution in [-0.2, 0) is 4.74 Å². The van der Waals surface area contributed by atoms with Crippen molar-refractivity contribution in [2.45, 2.75) is 6.10 Å². The molecule has 1 saturated heterocycles. The molecule has 2 N–H and O–H groups in total. The maximum atomic E-state index is 12.1. The molecule has 1 atom stereocenters. The maximum Gasteiger partial charge on any atom is 0.257 e. The van der Waals surface area contributed by atoms with Crippen LogP contribution < -0.4 is 0 Å². The Balaban J connectivity index is 2.12. The number of rotatable bonds is 2. The molecule has 1 amide bonds. The molecule has 1 aliphatic rings. The van der Waals surface area contributed by atoms with E-state index in [0.717, 1.165) is 0 Å². The average molecular weight is 238 g/mol. The number of hydrogen-bond donors (Lipinski definition) is 2. The van der Waals surface area contributed by atoms with E-state index in [2.05, 4.69) is 4.98 Å². The molecule has 0 spiro atoms. The number of ether oxygens (including phenoxy) is 1. The molecule has 0 aromatic carbocycles. The molecule has 0 bridgehead atoms. The first-order valence-corrected chi connectivity index (χ1v) is 5.37. The van der Waals surface area contributed by atoms with Gasteiger partial charge in [0.15, 0.2) is 0 Å². The van der Waals surface area contributed by atoms with E-state index in [9.17, 15) is 9.90 Å². The lowest BCUT2D eigenvalue weighted by Gasteiger charge is -2.32. The molecule has 2 heterocycles. The molecular formula is C11H14N2O4. The monoisotopic (exact) mass is 238 g/mol. The summed E-state index contributed by atoms with van der Waals surface area (Å²) < 4.78 is 5.25. The van der Waals surface area contributed by atoms with Gasteiger partial charge >= 0.3 is 0 Å². The minimum Gasteiger partial charge on any atom is -0.505 e. The van der Waals surface area contributed by atoms with Crippen LogP contribution in [-0.4, -0.2) is 58.4 Å². The van der Waals surface area contributed by atoms with Gasteiger partial charge in [-0.25, -0.2) is 0 Å².